The van der Waals surface area contributed by atoms with Gasteiger partial charge in [0.1, 0.15) is 22.1 Å². The number of rotatable bonds is 5. The van der Waals surface area contributed by atoms with Crippen LogP contribution in [-0.4, -0.2) is 65.4 Å². The highest BCUT2D eigenvalue weighted by atomic mass is 32.1. The van der Waals surface area contributed by atoms with E-state index in [-0.39, 0.29) is 11.6 Å². The topological polar surface area (TPSA) is 108 Å². The lowest BCUT2D eigenvalue weighted by Gasteiger charge is -2.29. The van der Waals surface area contributed by atoms with Gasteiger partial charge in [-0.05, 0) is 31.5 Å². The van der Waals surface area contributed by atoms with Crippen LogP contribution in [0.1, 0.15) is 12.8 Å². The van der Waals surface area contributed by atoms with Crippen molar-refractivity contribution in [3.05, 3.63) is 40.1 Å². The molecule has 3 aromatic rings. The Hall–Kier alpha value is -2.82. The number of pyridine rings is 1. The van der Waals surface area contributed by atoms with Crippen molar-refractivity contribution in [2.24, 2.45) is 0 Å². The molecule has 0 bridgehead atoms. The number of nitrogens with zero attached hydrogens (tertiary/aromatic N) is 4. The lowest BCUT2D eigenvalue weighted by atomic mass is 10.1. The van der Waals surface area contributed by atoms with Gasteiger partial charge >= 0.3 is 0 Å². The highest BCUT2D eigenvalue weighted by molar-refractivity contribution is 7.13. The molecule has 9 nitrogen and oxygen atoms in total. The molecule has 2 aliphatic heterocycles. The number of aromatic nitrogens is 4. The van der Waals surface area contributed by atoms with E-state index in [1.54, 1.807) is 6.20 Å². The molecule has 162 valence electrons. The third-order valence-electron chi connectivity index (χ3n) is 5.50. The van der Waals surface area contributed by atoms with Gasteiger partial charge in [-0.25, -0.2) is 4.98 Å². The molecule has 1 atom stereocenters. The highest BCUT2D eigenvalue weighted by Gasteiger charge is 2.23. The smallest absolute Gasteiger partial charge is 0.264 e. The number of thiazole rings is 1. The number of morpholine rings is 1. The van der Waals surface area contributed by atoms with Gasteiger partial charge in [0.05, 0.1) is 18.9 Å². The first-order chi connectivity index (χ1) is 15.3. The maximum Gasteiger partial charge on any atom is 0.264 e. The molecule has 0 radical (unpaired) electrons. The molecule has 3 N–H and O–H groups in total. The van der Waals surface area contributed by atoms with Gasteiger partial charge in [-0.1, -0.05) is 6.07 Å². The maximum atomic E-state index is 13.2. The summed E-state index contributed by atoms with van der Waals surface area (Å²) < 4.78 is 5.44. The predicted molar refractivity (Wildman–Crippen MR) is 122 cm³/mol. The fraction of sp³-hybridized carbons (Fsp3) is 0.429. The second-order valence-corrected chi connectivity index (χ2v) is 8.51. The zero-order valence-corrected chi connectivity index (χ0v) is 18.0. The van der Waals surface area contributed by atoms with Gasteiger partial charge in [0.2, 0.25) is 5.95 Å². The average Bonchev–Trinajstić information content (AvgIpc) is 3.30. The van der Waals surface area contributed by atoms with Gasteiger partial charge in [-0.2, -0.15) is 4.98 Å². The lowest BCUT2D eigenvalue weighted by Crippen LogP contribution is -2.40. The molecular formula is C21H25N7O2S. The number of anilines is 2. The van der Waals surface area contributed by atoms with Crippen LogP contribution in [0.4, 0.5) is 11.8 Å². The van der Waals surface area contributed by atoms with Crippen LogP contribution in [0.3, 0.4) is 0 Å². The number of nitrogens with one attached hydrogen (secondary N) is 3. The zero-order chi connectivity index (χ0) is 21.0. The predicted octanol–water partition coefficient (Wildman–Crippen LogP) is 1.96. The van der Waals surface area contributed by atoms with Crippen LogP contribution >= 0.6 is 11.3 Å². The molecule has 0 spiro atoms. The summed E-state index contributed by atoms with van der Waals surface area (Å²) in [5.41, 5.74) is 1.83. The molecule has 0 aliphatic carbocycles. The molecule has 2 aliphatic rings. The quantitative estimate of drug-likeness (QED) is 0.554. The molecule has 5 heterocycles. The van der Waals surface area contributed by atoms with E-state index in [9.17, 15) is 4.79 Å². The van der Waals surface area contributed by atoms with Crippen molar-refractivity contribution in [1.29, 1.82) is 0 Å². The Morgan fingerprint density at radius 1 is 1.19 bits per heavy atom. The molecule has 5 rings (SSSR count). The molecular weight excluding hydrogens is 414 g/mol. The van der Waals surface area contributed by atoms with Crippen molar-refractivity contribution in [3.63, 3.8) is 0 Å². The average molecular weight is 440 g/mol. The van der Waals surface area contributed by atoms with E-state index in [0.29, 0.717) is 48.6 Å². The molecule has 0 aromatic carbocycles. The normalized spacial score (nSPS) is 19.4. The van der Waals surface area contributed by atoms with Crippen LogP contribution in [0.2, 0.25) is 0 Å². The number of piperidine rings is 1. The molecule has 2 fully saturated rings. The van der Waals surface area contributed by atoms with Crippen LogP contribution < -0.4 is 21.1 Å². The van der Waals surface area contributed by atoms with Crippen LogP contribution in [0.15, 0.2) is 34.6 Å². The SMILES string of the molecule is O=c1[nH]c(N2CCOCC2)nc(N[C@@H]2CCCNC2)c1-c1nc(-c2ccccn2)cs1. The zero-order valence-electron chi connectivity index (χ0n) is 17.1. The number of H-pyrrole nitrogens is 1. The van der Waals surface area contributed by atoms with Crippen molar-refractivity contribution >= 4 is 23.1 Å². The van der Waals surface area contributed by atoms with Gasteiger partial charge in [0, 0.05) is 37.3 Å². The minimum atomic E-state index is -0.190. The van der Waals surface area contributed by atoms with E-state index >= 15 is 0 Å². The lowest BCUT2D eigenvalue weighted by molar-refractivity contribution is 0.122. The van der Waals surface area contributed by atoms with E-state index in [4.69, 9.17) is 14.7 Å². The maximum absolute atomic E-state index is 13.2. The Morgan fingerprint density at radius 3 is 2.87 bits per heavy atom. The number of hydrogen-bond donors (Lipinski definition) is 3. The molecule has 31 heavy (non-hydrogen) atoms. The number of hydrogen-bond acceptors (Lipinski definition) is 9. The summed E-state index contributed by atoms with van der Waals surface area (Å²) in [7, 11) is 0. The van der Waals surface area contributed by atoms with Crippen LogP contribution in [0.5, 0.6) is 0 Å². The Bertz CT molecular complexity index is 1070. The Morgan fingerprint density at radius 2 is 2.10 bits per heavy atom. The Kier molecular flexibility index (Phi) is 5.92. The Balaban J connectivity index is 1.53. The molecule has 0 unspecified atom stereocenters. The minimum absolute atomic E-state index is 0.190. The van der Waals surface area contributed by atoms with E-state index < -0.39 is 0 Å². The first-order valence-electron chi connectivity index (χ1n) is 10.6. The van der Waals surface area contributed by atoms with Crippen molar-refractivity contribution in [3.8, 4) is 22.0 Å². The van der Waals surface area contributed by atoms with Gasteiger partial charge in [-0.3, -0.25) is 14.8 Å². The fourth-order valence-corrected chi connectivity index (χ4v) is 4.73. The van der Waals surface area contributed by atoms with Gasteiger partial charge in [0.15, 0.2) is 0 Å². The second-order valence-electron chi connectivity index (χ2n) is 7.65. The largest absolute Gasteiger partial charge is 0.378 e. The van der Waals surface area contributed by atoms with Crippen LogP contribution in [0.25, 0.3) is 22.0 Å². The van der Waals surface area contributed by atoms with Crippen molar-refractivity contribution < 1.29 is 4.74 Å². The van der Waals surface area contributed by atoms with Crippen molar-refractivity contribution in [1.82, 2.24) is 25.3 Å². The first-order valence-corrected chi connectivity index (χ1v) is 11.5. The molecule has 3 aromatic heterocycles. The van der Waals surface area contributed by atoms with E-state index in [1.807, 2.05) is 23.6 Å². The van der Waals surface area contributed by atoms with E-state index in [0.717, 1.165) is 37.3 Å². The minimum Gasteiger partial charge on any atom is -0.378 e. The summed E-state index contributed by atoms with van der Waals surface area (Å²) in [4.78, 5) is 32.2. The van der Waals surface area contributed by atoms with Crippen LogP contribution in [0, 0.1) is 0 Å². The standard InChI is InChI=1S/C21H25N7O2S/c29-19-17(20-25-16(13-31-20)15-5-1-2-7-23-15)18(24-14-4-3-6-22-12-14)26-21(27-19)28-8-10-30-11-9-28/h1-2,5,7,13-14,22H,3-4,6,8-12H2,(H2,24,26,27,29)/t14-/m1/s1. The van der Waals surface area contributed by atoms with Crippen molar-refractivity contribution in [2.75, 3.05) is 49.6 Å². The monoisotopic (exact) mass is 439 g/mol. The molecule has 0 amide bonds. The summed E-state index contributed by atoms with van der Waals surface area (Å²) in [6.45, 7) is 4.52. The van der Waals surface area contributed by atoms with E-state index in [2.05, 4.69) is 25.5 Å². The summed E-state index contributed by atoms with van der Waals surface area (Å²) >= 11 is 1.43. The number of aromatic amines is 1. The summed E-state index contributed by atoms with van der Waals surface area (Å²) in [6.07, 6.45) is 3.86. The first kappa shape index (κ1) is 20.1. The van der Waals surface area contributed by atoms with Gasteiger partial charge in [-0.15, -0.1) is 11.3 Å². The van der Waals surface area contributed by atoms with E-state index in [1.165, 1.54) is 11.3 Å². The third kappa shape index (κ3) is 4.46. The summed E-state index contributed by atoms with van der Waals surface area (Å²) in [5, 5.41) is 9.49. The fourth-order valence-electron chi connectivity index (χ4n) is 3.88. The number of ether oxygens (including phenoxy) is 1. The van der Waals surface area contributed by atoms with Gasteiger partial charge in [0.25, 0.3) is 5.56 Å². The summed E-state index contributed by atoms with van der Waals surface area (Å²) in [6, 6.07) is 5.93. The van der Waals surface area contributed by atoms with Crippen LogP contribution in [-0.2, 0) is 4.74 Å². The van der Waals surface area contributed by atoms with Crippen molar-refractivity contribution in [2.45, 2.75) is 18.9 Å². The van der Waals surface area contributed by atoms with Gasteiger partial charge < -0.3 is 20.3 Å². The molecule has 10 heteroatoms. The molecule has 0 saturated carbocycles. The molecule has 2 saturated heterocycles. The Labute approximate surface area is 183 Å². The highest BCUT2D eigenvalue weighted by Crippen LogP contribution is 2.31. The second kappa shape index (κ2) is 9.13. The summed E-state index contributed by atoms with van der Waals surface area (Å²) in [5.74, 6) is 1.16. The third-order valence-corrected chi connectivity index (χ3v) is 6.36.